The fraction of sp³-hybridized carbons (Fsp3) is 0.316. The second kappa shape index (κ2) is 7.38. The zero-order valence-corrected chi connectivity index (χ0v) is 13.6. The van der Waals surface area contributed by atoms with E-state index in [0.717, 1.165) is 11.1 Å². The first kappa shape index (κ1) is 17.2. The standard InChI is InChI=1S/C19H23FN2O/c1-19(2,15-9-6-10-16(20)11-15)13-22-18(23)12-17(21)14-7-4-3-5-8-14/h3-11,17H,12-13,21H2,1-2H3,(H,22,23). The van der Waals surface area contributed by atoms with Crippen molar-refractivity contribution in [1.29, 1.82) is 0 Å². The van der Waals surface area contributed by atoms with Crippen molar-refractivity contribution >= 4 is 5.91 Å². The van der Waals surface area contributed by atoms with Gasteiger partial charge in [0, 0.05) is 24.4 Å². The molecule has 0 saturated carbocycles. The van der Waals surface area contributed by atoms with Crippen LogP contribution in [0.4, 0.5) is 4.39 Å². The lowest BCUT2D eigenvalue weighted by molar-refractivity contribution is -0.121. The molecule has 1 atom stereocenters. The number of rotatable bonds is 6. The van der Waals surface area contributed by atoms with Crippen LogP contribution in [0.2, 0.25) is 0 Å². The number of nitrogens with one attached hydrogen (secondary N) is 1. The van der Waals surface area contributed by atoms with Gasteiger partial charge in [-0.2, -0.15) is 0 Å². The molecule has 0 spiro atoms. The number of halogens is 1. The molecule has 2 aromatic rings. The Hall–Kier alpha value is -2.20. The highest BCUT2D eigenvalue weighted by Gasteiger charge is 2.22. The summed E-state index contributed by atoms with van der Waals surface area (Å²) in [5.41, 5.74) is 7.49. The minimum absolute atomic E-state index is 0.106. The molecule has 122 valence electrons. The molecule has 0 aliphatic carbocycles. The van der Waals surface area contributed by atoms with Crippen molar-refractivity contribution in [2.45, 2.75) is 31.7 Å². The topological polar surface area (TPSA) is 55.1 Å². The highest BCUT2D eigenvalue weighted by molar-refractivity contribution is 5.76. The summed E-state index contributed by atoms with van der Waals surface area (Å²) in [6.45, 7) is 4.37. The molecule has 0 radical (unpaired) electrons. The van der Waals surface area contributed by atoms with E-state index in [4.69, 9.17) is 5.73 Å². The third-order valence-corrected chi connectivity index (χ3v) is 3.97. The van der Waals surface area contributed by atoms with Crippen LogP contribution >= 0.6 is 0 Å². The molecule has 1 unspecified atom stereocenters. The van der Waals surface area contributed by atoms with Gasteiger partial charge >= 0.3 is 0 Å². The number of carbonyl (C=O) groups is 1. The summed E-state index contributed by atoms with van der Waals surface area (Å²) in [5, 5.41) is 2.90. The van der Waals surface area contributed by atoms with Gasteiger partial charge in [-0.25, -0.2) is 4.39 Å². The van der Waals surface area contributed by atoms with E-state index >= 15 is 0 Å². The molecule has 0 heterocycles. The molecular weight excluding hydrogens is 291 g/mol. The van der Waals surface area contributed by atoms with Crippen molar-refractivity contribution in [3.63, 3.8) is 0 Å². The highest BCUT2D eigenvalue weighted by atomic mass is 19.1. The molecule has 2 rings (SSSR count). The number of amides is 1. The van der Waals surface area contributed by atoms with Crippen molar-refractivity contribution in [2.75, 3.05) is 6.54 Å². The van der Waals surface area contributed by atoms with Crippen LogP contribution < -0.4 is 11.1 Å². The summed E-state index contributed by atoms with van der Waals surface area (Å²) in [7, 11) is 0. The molecule has 3 N–H and O–H groups in total. The van der Waals surface area contributed by atoms with E-state index in [-0.39, 0.29) is 29.6 Å². The van der Waals surface area contributed by atoms with Gasteiger partial charge in [-0.3, -0.25) is 4.79 Å². The second-order valence-electron chi connectivity index (χ2n) is 6.39. The van der Waals surface area contributed by atoms with E-state index in [1.165, 1.54) is 12.1 Å². The molecule has 0 aliphatic rings. The summed E-state index contributed by atoms with van der Waals surface area (Å²) in [4.78, 5) is 12.1. The number of carbonyl (C=O) groups excluding carboxylic acids is 1. The van der Waals surface area contributed by atoms with Gasteiger partial charge in [-0.05, 0) is 23.3 Å². The molecule has 4 heteroatoms. The van der Waals surface area contributed by atoms with Gasteiger partial charge in [0.05, 0.1) is 0 Å². The average Bonchev–Trinajstić information content (AvgIpc) is 2.54. The van der Waals surface area contributed by atoms with Crippen molar-refractivity contribution < 1.29 is 9.18 Å². The van der Waals surface area contributed by atoms with Gasteiger partial charge in [0.15, 0.2) is 0 Å². The van der Waals surface area contributed by atoms with Crippen LogP contribution in [-0.4, -0.2) is 12.5 Å². The first-order valence-electron chi connectivity index (χ1n) is 7.72. The van der Waals surface area contributed by atoms with Crippen LogP contribution in [0.25, 0.3) is 0 Å². The smallest absolute Gasteiger partial charge is 0.221 e. The van der Waals surface area contributed by atoms with E-state index in [1.807, 2.05) is 50.2 Å². The maximum Gasteiger partial charge on any atom is 0.221 e. The Kier molecular flexibility index (Phi) is 5.50. The minimum Gasteiger partial charge on any atom is -0.355 e. The lowest BCUT2D eigenvalue weighted by atomic mass is 9.84. The zero-order chi connectivity index (χ0) is 16.9. The lowest BCUT2D eigenvalue weighted by Gasteiger charge is -2.26. The summed E-state index contributed by atoms with van der Waals surface area (Å²) >= 11 is 0. The molecule has 0 bridgehead atoms. The van der Waals surface area contributed by atoms with E-state index in [2.05, 4.69) is 5.32 Å². The summed E-state index contributed by atoms with van der Waals surface area (Å²) < 4.78 is 13.4. The molecule has 23 heavy (non-hydrogen) atoms. The Morgan fingerprint density at radius 3 is 2.52 bits per heavy atom. The summed E-state index contributed by atoms with van der Waals surface area (Å²) in [6.07, 6.45) is 0.225. The quantitative estimate of drug-likeness (QED) is 0.859. The third-order valence-electron chi connectivity index (χ3n) is 3.97. The molecule has 0 fully saturated rings. The highest BCUT2D eigenvalue weighted by Crippen LogP contribution is 2.23. The molecule has 0 aromatic heterocycles. The fourth-order valence-corrected chi connectivity index (χ4v) is 2.42. The lowest BCUT2D eigenvalue weighted by Crippen LogP contribution is -2.37. The molecule has 0 saturated heterocycles. The van der Waals surface area contributed by atoms with Crippen molar-refractivity contribution in [1.82, 2.24) is 5.32 Å². The predicted octanol–water partition coefficient (Wildman–Crippen LogP) is 3.31. The largest absolute Gasteiger partial charge is 0.355 e. The van der Waals surface area contributed by atoms with Gasteiger partial charge in [0.25, 0.3) is 0 Å². The molecular formula is C19H23FN2O. The maximum absolute atomic E-state index is 13.4. The van der Waals surface area contributed by atoms with Gasteiger partial charge < -0.3 is 11.1 Å². The third kappa shape index (κ3) is 4.89. The molecule has 3 nitrogen and oxygen atoms in total. The monoisotopic (exact) mass is 314 g/mol. The van der Waals surface area contributed by atoms with Crippen LogP contribution in [0.5, 0.6) is 0 Å². The molecule has 2 aromatic carbocycles. The van der Waals surface area contributed by atoms with Gasteiger partial charge in [0.2, 0.25) is 5.91 Å². The Labute approximate surface area is 136 Å². The SMILES string of the molecule is CC(C)(CNC(=O)CC(N)c1ccccc1)c1cccc(F)c1. The Bertz CT molecular complexity index is 655. The summed E-state index contributed by atoms with van der Waals surface area (Å²) in [6, 6.07) is 15.7. The first-order chi connectivity index (χ1) is 10.9. The number of benzene rings is 2. The second-order valence-corrected chi connectivity index (χ2v) is 6.39. The van der Waals surface area contributed by atoms with E-state index in [9.17, 15) is 9.18 Å². The number of hydrogen-bond acceptors (Lipinski definition) is 2. The van der Waals surface area contributed by atoms with Crippen LogP contribution in [0, 0.1) is 5.82 Å². The van der Waals surface area contributed by atoms with E-state index < -0.39 is 0 Å². The van der Waals surface area contributed by atoms with Crippen LogP contribution in [-0.2, 0) is 10.2 Å². The minimum atomic E-state index is -0.353. The van der Waals surface area contributed by atoms with Crippen molar-refractivity contribution in [3.8, 4) is 0 Å². The zero-order valence-electron chi connectivity index (χ0n) is 13.6. The van der Waals surface area contributed by atoms with Gasteiger partial charge in [-0.1, -0.05) is 56.3 Å². The number of nitrogens with two attached hydrogens (primary N) is 1. The predicted molar refractivity (Wildman–Crippen MR) is 90.4 cm³/mol. The fourth-order valence-electron chi connectivity index (χ4n) is 2.42. The number of hydrogen-bond donors (Lipinski definition) is 2. The molecule has 1 amide bonds. The average molecular weight is 314 g/mol. The van der Waals surface area contributed by atoms with Gasteiger partial charge in [0.1, 0.15) is 5.82 Å². The van der Waals surface area contributed by atoms with Crippen LogP contribution in [0.3, 0.4) is 0 Å². The van der Waals surface area contributed by atoms with E-state index in [1.54, 1.807) is 6.07 Å². The first-order valence-corrected chi connectivity index (χ1v) is 7.72. The van der Waals surface area contributed by atoms with Crippen LogP contribution in [0.15, 0.2) is 54.6 Å². The normalized spacial score (nSPS) is 12.7. The van der Waals surface area contributed by atoms with Gasteiger partial charge in [-0.15, -0.1) is 0 Å². The Balaban J connectivity index is 1.91. The Morgan fingerprint density at radius 1 is 1.17 bits per heavy atom. The van der Waals surface area contributed by atoms with Crippen molar-refractivity contribution in [3.05, 3.63) is 71.5 Å². The van der Waals surface area contributed by atoms with Crippen molar-refractivity contribution in [2.24, 2.45) is 5.73 Å². The van der Waals surface area contributed by atoms with Crippen LogP contribution in [0.1, 0.15) is 37.4 Å². The van der Waals surface area contributed by atoms with E-state index in [0.29, 0.717) is 6.54 Å². The summed E-state index contributed by atoms with van der Waals surface area (Å²) in [5.74, 6) is -0.376. The Morgan fingerprint density at radius 2 is 1.87 bits per heavy atom. The molecule has 0 aliphatic heterocycles. The maximum atomic E-state index is 13.4.